The molecule has 0 radical (unpaired) electrons. The largest absolute Gasteiger partial charge is 0.493 e. The predicted octanol–water partition coefficient (Wildman–Crippen LogP) is 1.97. The zero-order valence-electron chi connectivity index (χ0n) is 17.3. The summed E-state index contributed by atoms with van der Waals surface area (Å²) in [5, 5.41) is 42.0. The number of aliphatic hydroxyl groups is 4. The molecule has 3 rings (SSSR count). The number of aromatic nitrogens is 2. The van der Waals surface area contributed by atoms with Crippen LogP contribution in [-0.2, 0) is 0 Å². The molecule has 0 unspecified atom stereocenters. The second-order valence-electron chi connectivity index (χ2n) is 7.01. The van der Waals surface area contributed by atoms with Crippen LogP contribution in [0.3, 0.4) is 0 Å². The first kappa shape index (κ1) is 24.8. The van der Waals surface area contributed by atoms with Crippen LogP contribution in [0.1, 0.15) is 0 Å². The van der Waals surface area contributed by atoms with E-state index in [1.807, 2.05) is 0 Å². The molecule has 0 fully saturated rings. The summed E-state index contributed by atoms with van der Waals surface area (Å²) in [5.74, 6) is -0.159. The first-order valence-electron chi connectivity index (χ1n) is 9.72. The van der Waals surface area contributed by atoms with Gasteiger partial charge < -0.3 is 35.2 Å². The molecule has 178 valence electrons. The Labute approximate surface area is 192 Å². The van der Waals surface area contributed by atoms with Gasteiger partial charge in [-0.3, -0.25) is 0 Å². The summed E-state index contributed by atoms with van der Waals surface area (Å²) in [5.41, 5.74) is 0.417. The molecule has 0 aliphatic heterocycles. The maximum Gasteiger partial charge on any atom is 0.164 e. The Balaban J connectivity index is 1.95. The topological polar surface area (TPSA) is 137 Å². The number of benzene rings is 2. The number of rotatable bonds is 10. The average Bonchev–Trinajstić information content (AvgIpc) is 2.82. The van der Waals surface area contributed by atoms with Gasteiger partial charge in [0.25, 0.3) is 0 Å². The van der Waals surface area contributed by atoms with Crippen molar-refractivity contribution in [1.82, 2.24) is 9.97 Å². The lowest BCUT2D eigenvalue weighted by Gasteiger charge is -2.28. The summed E-state index contributed by atoms with van der Waals surface area (Å²) in [4.78, 5) is 8.27. The van der Waals surface area contributed by atoms with Crippen LogP contribution in [0.5, 0.6) is 11.5 Å². The van der Waals surface area contributed by atoms with Gasteiger partial charge in [0.05, 0.1) is 31.5 Å². The number of ether oxygens (including phenoxy) is 2. The minimum atomic E-state index is -2.13. The molecule has 0 bridgehead atoms. The number of nitrogens with zero attached hydrogens (tertiary/aromatic N) is 2. The van der Waals surface area contributed by atoms with Crippen molar-refractivity contribution < 1.29 is 38.7 Å². The average molecular weight is 486 g/mol. The van der Waals surface area contributed by atoms with Crippen LogP contribution in [0.15, 0.2) is 36.7 Å². The first-order valence-corrected chi connectivity index (χ1v) is 10.1. The standard InChI is InChI=1S/C21H22ClF2N3O6/c1-32-16-5-11-14(6-17(16)33-18(8-29)20(31)19(30)13(24)7-28)25-9-26-21(11)27-15-4-10(22)2-3-12(15)23/h2-6,9,13,18-20,28-31H,7-8H2,1H3,(H,25,26,27)/t13-,18-,19+,20+/m1/s1. The zero-order valence-corrected chi connectivity index (χ0v) is 18.1. The van der Waals surface area contributed by atoms with Gasteiger partial charge in [-0.05, 0) is 24.3 Å². The van der Waals surface area contributed by atoms with Gasteiger partial charge >= 0.3 is 0 Å². The number of alkyl halides is 1. The molecule has 2 aromatic carbocycles. The second-order valence-corrected chi connectivity index (χ2v) is 7.45. The Morgan fingerprint density at radius 1 is 1.06 bits per heavy atom. The van der Waals surface area contributed by atoms with Gasteiger partial charge in [0, 0.05) is 16.5 Å². The Kier molecular flexibility index (Phi) is 8.16. The van der Waals surface area contributed by atoms with Crippen LogP contribution in [0, 0.1) is 5.82 Å². The molecule has 9 nitrogen and oxygen atoms in total. The van der Waals surface area contributed by atoms with E-state index < -0.39 is 43.5 Å². The van der Waals surface area contributed by atoms with Crippen LogP contribution in [0.4, 0.5) is 20.3 Å². The van der Waals surface area contributed by atoms with Crippen LogP contribution in [0.25, 0.3) is 10.9 Å². The number of fused-ring (bicyclic) bond motifs is 1. The van der Waals surface area contributed by atoms with Crippen molar-refractivity contribution in [2.24, 2.45) is 0 Å². The van der Waals surface area contributed by atoms with E-state index in [-0.39, 0.29) is 23.0 Å². The Bertz CT molecular complexity index is 1110. The minimum Gasteiger partial charge on any atom is -0.493 e. The maximum atomic E-state index is 14.2. The second kappa shape index (κ2) is 10.9. The molecule has 0 spiro atoms. The molecule has 1 aromatic heterocycles. The summed E-state index contributed by atoms with van der Waals surface area (Å²) in [6.07, 6.45) is -6.21. The molecule has 33 heavy (non-hydrogen) atoms. The lowest BCUT2D eigenvalue weighted by molar-refractivity contribution is -0.0981. The maximum absolute atomic E-state index is 14.2. The molecule has 0 amide bonds. The zero-order chi connectivity index (χ0) is 24.1. The van der Waals surface area contributed by atoms with E-state index in [0.717, 1.165) is 0 Å². The molecular weight excluding hydrogens is 464 g/mol. The van der Waals surface area contributed by atoms with Crippen LogP contribution < -0.4 is 14.8 Å². The molecule has 5 N–H and O–H groups in total. The van der Waals surface area contributed by atoms with Crippen LogP contribution in [-0.4, -0.2) is 75.2 Å². The molecule has 0 saturated heterocycles. The monoisotopic (exact) mass is 485 g/mol. The normalized spacial score (nSPS) is 15.0. The highest BCUT2D eigenvalue weighted by atomic mass is 35.5. The van der Waals surface area contributed by atoms with Crippen LogP contribution in [0.2, 0.25) is 5.02 Å². The predicted molar refractivity (Wildman–Crippen MR) is 116 cm³/mol. The van der Waals surface area contributed by atoms with E-state index in [0.29, 0.717) is 15.9 Å². The third-order valence-corrected chi connectivity index (χ3v) is 5.07. The molecule has 1 heterocycles. The van der Waals surface area contributed by atoms with Gasteiger partial charge in [0.1, 0.15) is 30.2 Å². The number of anilines is 2. The molecule has 0 aliphatic carbocycles. The summed E-state index contributed by atoms with van der Waals surface area (Å²) in [6.45, 7) is -1.79. The molecular formula is C21H22ClF2N3O6. The van der Waals surface area contributed by atoms with Gasteiger partial charge in [-0.2, -0.15) is 0 Å². The highest BCUT2D eigenvalue weighted by Gasteiger charge is 2.34. The Morgan fingerprint density at radius 2 is 1.82 bits per heavy atom. The number of aliphatic hydroxyl groups excluding tert-OH is 4. The third-order valence-electron chi connectivity index (χ3n) is 4.84. The summed E-state index contributed by atoms with van der Waals surface area (Å²) < 4.78 is 38.6. The molecule has 4 atom stereocenters. The van der Waals surface area contributed by atoms with E-state index >= 15 is 0 Å². The summed E-state index contributed by atoms with van der Waals surface area (Å²) in [7, 11) is 1.34. The van der Waals surface area contributed by atoms with Crippen molar-refractivity contribution >= 4 is 34.0 Å². The van der Waals surface area contributed by atoms with Gasteiger partial charge in [-0.25, -0.2) is 18.7 Å². The van der Waals surface area contributed by atoms with Gasteiger partial charge in [0.2, 0.25) is 0 Å². The number of nitrogens with one attached hydrogen (secondary N) is 1. The summed E-state index contributed by atoms with van der Waals surface area (Å²) >= 11 is 5.94. The first-order chi connectivity index (χ1) is 15.8. The van der Waals surface area contributed by atoms with Crippen molar-refractivity contribution in [3.8, 4) is 11.5 Å². The van der Waals surface area contributed by atoms with Crippen molar-refractivity contribution in [3.05, 3.63) is 47.5 Å². The quantitative estimate of drug-likeness (QED) is 0.292. The Hall–Kier alpha value is -2.83. The van der Waals surface area contributed by atoms with E-state index in [2.05, 4.69) is 15.3 Å². The fourth-order valence-corrected chi connectivity index (χ4v) is 3.23. The van der Waals surface area contributed by atoms with E-state index in [4.69, 9.17) is 26.2 Å². The van der Waals surface area contributed by atoms with Gasteiger partial charge in [0.15, 0.2) is 23.8 Å². The van der Waals surface area contributed by atoms with Crippen molar-refractivity contribution in [2.45, 2.75) is 24.5 Å². The third kappa shape index (κ3) is 5.57. The number of halogens is 3. The van der Waals surface area contributed by atoms with E-state index in [1.54, 1.807) is 0 Å². The highest BCUT2D eigenvalue weighted by molar-refractivity contribution is 6.30. The molecule has 0 saturated carbocycles. The molecule has 0 aliphatic rings. The number of hydrogen-bond acceptors (Lipinski definition) is 9. The van der Waals surface area contributed by atoms with Crippen LogP contribution >= 0.6 is 11.6 Å². The number of hydrogen-bond donors (Lipinski definition) is 5. The summed E-state index contributed by atoms with van der Waals surface area (Å²) in [6, 6.07) is 6.90. The highest BCUT2D eigenvalue weighted by Crippen LogP contribution is 2.36. The Morgan fingerprint density at radius 3 is 2.48 bits per heavy atom. The lowest BCUT2D eigenvalue weighted by atomic mass is 10.0. The van der Waals surface area contributed by atoms with Crippen molar-refractivity contribution in [2.75, 3.05) is 25.6 Å². The smallest absolute Gasteiger partial charge is 0.164 e. The molecule has 12 heteroatoms. The SMILES string of the molecule is COc1cc2c(Nc3cc(Cl)ccc3F)ncnc2cc1O[C@H](CO)[C@H](O)[C@@H](O)[C@H](F)CO. The lowest BCUT2D eigenvalue weighted by Crippen LogP contribution is -2.48. The molecule has 3 aromatic rings. The van der Waals surface area contributed by atoms with Crippen molar-refractivity contribution in [1.29, 1.82) is 0 Å². The van der Waals surface area contributed by atoms with E-state index in [1.165, 1.54) is 43.8 Å². The minimum absolute atomic E-state index is 0.0216. The van der Waals surface area contributed by atoms with E-state index in [9.17, 15) is 24.1 Å². The van der Waals surface area contributed by atoms with Gasteiger partial charge in [-0.1, -0.05) is 11.6 Å². The fourth-order valence-electron chi connectivity index (χ4n) is 3.06. The van der Waals surface area contributed by atoms with Crippen molar-refractivity contribution in [3.63, 3.8) is 0 Å². The fraction of sp³-hybridized carbons (Fsp3) is 0.333. The number of methoxy groups -OCH3 is 1. The van der Waals surface area contributed by atoms with Gasteiger partial charge in [-0.15, -0.1) is 0 Å².